The van der Waals surface area contributed by atoms with E-state index in [9.17, 15) is 9.90 Å². The molecule has 1 aromatic carbocycles. The van der Waals surface area contributed by atoms with E-state index >= 15 is 0 Å². The van der Waals surface area contributed by atoms with Crippen molar-refractivity contribution in [3.8, 4) is 11.4 Å². The van der Waals surface area contributed by atoms with Crippen molar-refractivity contribution in [3.63, 3.8) is 0 Å². The number of hydrogen-bond acceptors (Lipinski definition) is 4. The van der Waals surface area contributed by atoms with E-state index in [1.807, 2.05) is 6.07 Å². The van der Waals surface area contributed by atoms with Gasteiger partial charge in [-0.05, 0) is 25.0 Å². The predicted molar refractivity (Wildman–Crippen MR) is 60.4 cm³/mol. The lowest BCUT2D eigenvalue weighted by atomic mass is 10.2. The molecule has 0 bridgehead atoms. The zero-order valence-electron chi connectivity index (χ0n) is 9.08. The first-order valence-electron chi connectivity index (χ1n) is 5.50. The lowest BCUT2D eigenvalue weighted by Crippen LogP contribution is -2.02. The van der Waals surface area contributed by atoms with Crippen LogP contribution in [-0.2, 0) is 0 Å². The van der Waals surface area contributed by atoms with E-state index in [2.05, 4.69) is 10.3 Å². The molecule has 0 atom stereocenters. The van der Waals surface area contributed by atoms with Crippen LogP contribution in [0.2, 0.25) is 0 Å². The Balaban J connectivity index is 2.14. The summed E-state index contributed by atoms with van der Waals surface area (Å²) in [5.41, 5.74) is 1.98. The first-order valence-corrected chi connectivity index (χ1v) is 5.50. The second-order valence-corrected chi connectivity index (χ2v) is 4.18. The average molecular weight is 229 g/mol. The molecular formula is C12H11N3O2. The molecule has 1 aromatic heterocycles. The van der Waals surface area contributed by atoms with Gasteiger partial charge in [-0.15, -0.1) is 5.10 Å². The SMILES string of the molecule is O=Cc1nnn(-c2cccc(O)c2)c1C1CC1. The Kier molecular flexibility index (Phi) is 2.18. The molecule has 1 N–H and O–H groups in total. The Morgan fingerprint density at radius 3 is 2.88 bits per heavy atom. The van der Waals surface area contributed by atoms with Crippen LogP contribution in [0, 0.1) is 0 Å². The molecular weight excluding hydrogens is 218 g/mol. The summed E-state index contributed by atoms with van der Waals surface area (Å²) in [6, 6.07) is 6.77. The van der Waals surface area contributed by atoms with Gasteiger partial charge in [0.05, 0.1) is 11.4 Å². The van der Waals surface area contributed by atoms with Crippen molar-refractivity contribution >= 4 is 6.29 Å². The molecule has 0 unspecified atom stereocenters. The van der Waals surface area contributed by atoms with Crippen LogP contribution in [0.1, 0.15) is 34.9 Å². The second kappa shape index (κ2) is 3.69. The zero-order chi connectivity index (χ0) is 11.8. The largest absolute Gasteiger partial charge is 0.508 e. The van der Waals surface area contributed by atoms with Crippen molar-refractivity contribution in [1.29, 1.82) is 0 Å². The van der Waals surface area contributed by atoms with Crippen LogP contribution in [-0.4, -0.2) is 26.4 Å². The van der Waals surface area contributed by atoms with E-state index in [-0.39, 0.29) is 5.75 Å². The van der Waals surface area contributed by atoms with Gasteiger partial charge in [-0.1, -0.05) is 11.3 Å². The summed E-state index contributed by atoms with van der Waals surface area (Å²) < 4.78 is 1.64. The van der Waals surface area contributed by atoms with Crippen molar-refractivity contribution in [2.75, 3.05) is 0 Å². The highest BCUT2D eigenvalue weighted by Gasteiger charge is 2.31. The van der Waals surface area contributed by atoms with Gasteiger partial charge >= 0.3 is 0 Å². The summed E-state index contributed by atoms with van der Waals surface area (Å²) in [4.78, 5) is 10.9. The summed E-state index contributed by atoms with van der Waals surface area (Å²) in [5, 5.41) is 17.3. The van der Waals surface area contributed by atoms with Crippen molar-refractivity contribution in [2.45, 2.75) is 18.8 Å². The molecule has 2 aromatic rings. The fourth-order valence-corrected chi connectivity index (χ4v) is 1.94. The van der Waals surface area contributed by atoms with Gasteiger partial charge in [0.15, 0.2) is 6.29 Å². The number of carbonyl (C=O) groups is 1. The number of aromatic nitrogens is 3. The zero-order valence-corrected chi connectivity index (χ0v) is 9.08. The summed E-state index contributed by atoms with van der Waals surface area (Å²) >= 11 is 0. The summed E-state index contributed by atoms with van der Waals surface area (Å²) in [5.74, 6) is 0.542. The highest BCUT2D eigenvalue weighted by Crippen LogP contribution is 2.41. The number of phenolic OH excluding ortho intramolecular Hbond substituents is 1. The molecule has 0 saturated heterocycles. The molecule has 1 aliphatic carbocycles. The maximum Gasteiger partial charge on any atom is 0.172 e. The number of rotatable bonds is 3. The van der Waals surface area contributed by atoms with Gasteiger partial charge in [0, 0.05) is 12.0 Å². The number of benzene rings is 1. The van der Waals surface area contributed by atoms with Gasteiger partial charge in [-0.25, -0.2) is 4.68 Å². The normalized spacial score (nSPS) is 14.8. The van der Waals surface area contributed by atoms with Crippen molar-refractivity contribution in [3.05, 3.63) is 35.7 Å². The van der Waals surface area contributed by atoms with E-state index in [0.717, 1.165) is 30.5 Å². The van der Waals surface area contributed by atoms with Crippen LogP contribution in [0.15, 0.2) is 24.3 Å². The molecule has 0 spiro atoms. The van der Waals surface area contributed by atoms with Gasteiger partial charge in [0.1, 0.15) is 11.4 Å². The first kappa shape index (κ1) is 10.0. The van der Waals surface area contributed by atoms with Crippen molar-refractivity contribution in [2.24, 2.45) is 0 Å². The number of aromatic hydroxyl groups is 1. The molecule has 17 heavy (non-hydrogen) atoms. The highest BCUT2D eigenvalue weighted by molar-refractivity contribution is 5.74. The molecule has 0 aliphatic heterocycles. The Hall–Kier alpha value is -2.17. The molecule has 1 fully saturated rings. The van der Waals surface area contributed by atoms with Gasteiger partial charge in [-0.2, -0.15) is 0 Å². The highest BCUT2D eigenvalue weighted by atomic mass is 16.3. The molecule has 0 amide bonds. The Morgan fingerprint density at radius 1 is 1.41 bits per heavy atom. The van der Waals surface area contributed by atoms with Crippen LogP contribution >= 0.6 is 0 Å². The van der Waals surface area contributed by atoms with Crippen LogP contribution in [0.4, 0.5) is 0 Å². The monoisotopic (exact) mass is 229 g/mol. The molecule has 5 heteroatoms. The van der Waals surface area contributed by atoms with Crippen LogP contribution in [0.5, 0.6) is 5.75 Å². The quantitative estimate of drug-likeness (QED) is 0.813. The third kappa shape index (κ3) is 1.69. The van der Waals surface area contributed by atoms with E-state index in [1.54, 1.807) is 22.9 Å². The van der Waals surface area contributed by atoms with E-state index in [0.29, 0.717) is 11.6 Å². The minimum Gasteiger partial charge on any atom is -0.508 e. The average Bonchev–Trinajstić information content (AvgIpc) is 3.08. The van der Waals surface area contributed by atoms with Gasteiger partial charge < -0.3 is 5.11 Å². The summed E-state index contributed by atoms with van der Waals surface area (Å²) in [7, 11) is 0. The predicted octanol–water partition coefficient (Wildman–Crippen LogP) is 1.66. The molecule has 5 nitrogen and oxygen atoms in total. The maximum atomic E-state index is 10.9. The molecule has 0 radical (unpaired) electrons. The van der Waals surface area contributed by atoms with Crippen LogP contribution in [0.25, 0.3) is 5.69 Å². The van der Waals surface area contributed by atoms with Crippen LogP contribution in [0.3, 0.4) is 0 Å². The summed E-state index contributed by atoms with van der Waals surface area (Å²) in [6.07, 6.45) is 2.86. The molecule has 1 saturated carbocycles. The minimum atomic E-state index is 0.174. The van der Waals surface area contributed by atoms with Gasteiger partial charge in [0.25, 0.3) is 0 Å². The molecule has 3 rings (SSSR count). The molecule has 1 aliphatic rings. The maximum absolute atomic E-state index is 10.9. The third-order valence-corrected chi connectivity index (χ3v) is 2.88. The van der Waals surface area contributed by atoms with E-state index in [4.69, 9.17) is 0 Å². The lowest BCUT2D eigenvalue weighted by molar-refractivity contribution is 0.111. The Labute approximate surface area is 97.7 Å². The standard InChI is InChI=1S/C12H11N3O2/c16-7-11-12(8-4-5-8)15(14-13-11)9-2-1-3-10(17)6-9/h1-3,6-8,17H,4-5H2. The number of carbonyl (C=O) groups excluding carboxylic acids is 1. The Morgan fingerprint density at radius 2 is 2.24 bits per heavy atom. The fourth-order valence-electron chi connectivity index (χ4n) is 1.94. The number of hydrogen-bond donors (Lipinski definition) is 1. The first-order chi connectivity index (χ1) is 8.29. The van der Waals surface area contributed by atoms with Crippen molar-refractivity contribution < 1.29 is 9.90 Å². The van der Waals surface area contributed by atoms with E-state index < -0.39 is 0 Å². The van der Waals surface area contributed by atoms with Gasteiger partial charge in [-0.3, -0.25) is 4.79 Å². The van der Waals surface area contributed by atoms with E-state index in [1.165, 1.54) is 0 Å². The number of nitrogens with zero attached hydrogens (tertiary/aromatic N) is 3. The number of phenols is 1. The molecule has 86 valence electrons. The Bertz CT molecular complexity index is 573. The molecule has 1 heterocycles. The number of aldehydes is 1. The van der Waals surface area contributed by atoms with Crippen LogP contribution < -0.4 is 0 Å². The topological polar surface area (TPSA) is 68.0 Å². The lowest BCUT2D eigenvalue weighted by Gasteiger charge is -2.05. The third-order valence-electron chi connectivity index (χ3n) is 2.88. The second-order valence-electron chi connectivity index (χ2n) is 4.18. The summed E-state index contributed by atoms with van der Waals surface area (Å²) in [6.45, 7) is 0. The smallest absolute Gasteiger partial charge is 0.172 e. The van der Waals surface area contributed by atoms with Gasteiger partial charge in [0.2, 0.25) is 0 Å². The minimum absolute atomic E-state index is 0.174. The fraction of sp³-hybridized carbons (Fsp3) is 0.250. The van der Waals surface area contributed by atoms with Crippen molar-refractivity contribution in [1.82, 2.24) is 15.0 Å².